The molecule has 21 heavy (non-hydrogen) atoms. The molecule has 1 aliphatic heterocycles. The number of piperidine rings is 1. The lowest BCUT2D eigenvalue weighted by Gasteiger charge is -2.36. The lowest BCUT2D eigenvalue weighted by Crippen LogP contribution is -2.47. The van der Waals surface area contributed by atoms with Gasteiger partial charge in [0.2, 0.25) is 10.0 Å². The smallest absolute Gasteiger partial charge is 0.243 e. The molecule has 3 rings (SSSR count). The molecule has 1 heterocycles. The third kappa shape index (κ3) is 3.12. The molecule has 0 atom stereocenters. The topological polar surface area (TPSA) is 40.6 Å². The van der Waals surface area contributed by atoms with Gasteiger partial charge in [-0.15, -0.1) is 0 Å². The van der Waals surface area contributed by atoms with Crippen LogP contribution in [0.5, 0.6) is 0 Å². The van der Waals surface area contributed by atoms with Gasteiger partial charge >= 0.3 is 0 Å². The number of hydrogen-bond donors (Lipinski definition) is 0. The van der Waals surface area contributed by atoms with Crippen LogP contribution >= 0.6 is 0 Å². The molecule has 2 fully saturated rings. The molecular formula is C15H21FN2O2S. The van der Waals surface area contributed by atoms with Gasteiger partial charge in [-0.3, -0.25) is 0 Å². The third-order valence-electron chi connectivity index (χ3n) is 4.34. The van der Waals surface area contributed by atoms with Crippen molar-refractivity contribution in [3.05, 3.63) is 30.1 Å². The highest BCUT2D eigenvalue weighted by atomic mass is 32.2. The van der Waals surface area contributed by atoms with Gasteiger partial charge in [0.05, 0.1) is 4.90 Å². The van der Waals surface area contributed by atoms with Crippen LogP contribution in [0.3, 0.4) is 0 Å². The fraction of sp³-hybridized carbons (Fsp3) is 0.600. The summed E-state index contributed by atoms with van der Waals surface area (Å²) in [6.45, 7) is 1.85. The predicted molar refractivity (Wildman–Crippen MR) is 79.0 cm³/mol. The van der Waals surface area contributed by atoms with E-state index < -0.39 is 15.8 Å². The first-order chi connectivity index (χ1) is 9.98. The summed E-state index contributed by atoms with van der Waals surface area (Å²) < 4.78 is 40.5. The van der Waals surface area contributed by atoms with Gasteiger partial charge in [0.15, 0.2) is 0 Å². The van der Waals surface area contributed by atoms with Crippen molar-refractivity contribution in [1.82, 2.24) is 9.21 Å². The molecule has 116 valence electrons. The van der Waals surface area contributed by atoms with Gasteiger partial charge in [0, 0.05) is 12.1 Å². The van der Waals surface area contributed by atoms with E-state index in [-0.39, 0.29) is 17.0 Å². The normalized spacial score (nSPS) is 21.9. The predicted octanol–water partition coefficient (Wildman–Crippen LogP) is 2.07. The van der Waals surface area contributed by atoms with Gasteiger partial charge in [0.1, 0.15) is 5.82 Å². The molecule has 0 N–H and O–H groups in total. The van der Waals surface area contributed by atoms with Crippen LogP contribution in [-0.4, -0.2) is 49.8 Å². The van der Waals surface area contributed by atoms with Gasteiger partial charge in [-0.1, -0.05) is 0 Å². The fourth-order valence-corrected chi connectivity index (χ4v) is 4.93. The molecule has 1 aromatic carbocycles. The summed E-state index contributed by atoms with van der Waals surface area (Å²) in [7, 11) is -1.46. The van der Waals surface area contributed by atoms with Crippen molar-refractivity contribution >= 4 is 10.0 Å². The van der Waals surface area contributed by atoms with E-state index in [1.807, 2.05) is 0 Å². The van der Waals surface area contributed by atoms with E-state index in [1.54, 1.807) is 4.31 Å². The lowest BCUT2D eigenvalue weighted by molar-refractivity contribution is 0.178. The van der Waals surface area contributed by atoms with Crippen LogP contribution in [0.2, 0.25) is 0 Å². The Morgan fingerprint density at radius 1 is 1.05 bits per heavy atom. The summed E-state index contributed by atoms with van der Waals surface area (Å²) in [4.78, 5) is 2.43. The SMILES string of the molecule is CN1CCC(N(C2CC2)S(=O)(=O)c2ccc(F)cc2)CC1. The van der Waals surface area contributed by atoms with Crippen LogP contribution < -0.4 is 0 Å². The van der Waals surface area contributed by atoms with E-state index in [9.17, 15) is 12.8 Å². The molecule has 1 aromatic rings. The maximum atomic E-state index is 13.0. The molecule has 0 spiro atoms. The minimum Gasteiger partial charge on any atom is -0.306 e. The second kappa shape index (κ2) is 5.66. The maximum absolute atomic E-state index is 13.0. The largest absolute Gasteiger partial charge is 0.306 e. The van der Waals surface area contributed by atoms with Gasteiger partial charge in [-0.2, -0.15) is 4.31 Å². The first-order valence-corrected chi connectivity index (χ1v) is 8.90. The quantitative estimate of drug-likeness (QED) is 0.854. The van der Waals surface area contributed by atoms with Crippen molar-refractivity contribution in [2.75, 3.05) is 20.1 Å². The Kier molecular flexibility index (Phi) is 4.03. The summed E-state index contributed by atoms with van der Waals surface area (Å²) in [6, 6.07) is 5.38. The number of likely N-dealkylation sites (tertiary alicyclic amines) is 1. The highest BCUT2D eigenvalue weighted by Crippen LogP contribution is 2.36. The van der Waals surface area contributed by atoms with E-state index in [4.69, 9.17) is 0 Å². The van der Waals surface area contributed by atoms with Crippen molar-refractivity contribution in [2.45, 2.75) is 42.7 Å². The molecule has 1 saturated carbocycles. The van der Waals surface area contributed by atoms with Crippen LogP contribution in [-0.2, 0) is 10.0 Å². The van der Waals surface area contributed by atoms with Crippen molar-refractivity contribution < 1.29 is 12.8 Å². The lowest BCUT2D eigenvalue weighted by atomic mass is 10.1. The van der Waals surface area contributed by atoms with Gasteiger partial charge in [0.25, 0.3) is 0 Å². The maximum Gasteiger partial charge on any atom is 0.243 e. The van der Waals surface area contributed by atoms with Crippen molar-refractivity contribution in [2.24, 2.45) is 0 Å². The number of halogens is 1. The number of benzene rings is 1. The second-order valence-corrected chi connectivity index (χ2v) is 7.90. The molecule has 0 bridgehead atoms. The minimum absolute atomic E-state index is 0.0729. The number of nitrogens with zero attached hydrogens (tertiary/aromatic N) is 2. The first-order valence-electron chi connectivity index (χ1n) is 7.46. The zero-order chi connectivity index (χ0) is 15.0. The number of hydrogen-bond acceptors (Lipinski definition) is 3. The number of sulfonamides is 1. The molecule has 0 unspecified atom stereocenters. The molecular weight excluding hydrogens is 291 g/mol. The molecule has 2 aliphatic rings. The van der Waals surface area contributed by atoms with Crippen molar-refractivity contribution in [1.29, 1.82) is 0 Å². The van der Waals surface area contributed by atoms with Gasteiger partial charge in [-0.05, 0) is 70.1 Å². The zero-order valence-electron chi connectivity index (χ0n) is 12.2. The molecule has 0 aromatic heterocycles. The standard InChI is InChI=1S/C15H21FN2O2S/c1-17-10-8-14(9-11-17)18(13-4-5-13)21(19,20)15-6-2-12(16)3-7-15/h2-3,6-7,13-14H,4-5,8-11H2,1H3. The molecule has 0 amide bonds. The van der Waals surface area contributed by atoms with Gasteiger partial charge in [-0.25, -0.2) is 12.8 Å². The first kappa shape index (κ1) is 14.9. The molecule has 4 nitrogen and oxygen atoms in total. The Morgan fingerprint density at radius 2 is 1.57 bits per heavy atom. The highest BCUT2D eigenvalue weighted by Gasteiger charge is 2.43. The summed E-state index contributed by atoms with van der Waals surface area (Å²) in [5, 5.41) is 0. The van der Waals surface area contributed by atoms with E-state index in [2.05, 4.69) is 11.9 Å². The molecule has 0 radical (unpaired) electrons. The second-order valence-electron chi connectivity index (χ2n) is 6.05. The number of rotatable bonds is 4. The van der Waals surface area contributed by atoms with Crippen LogP contribution in [0.15, 0.2) is 29.2 Å². The average molecular weight is 312 g/mol. The Bertz CT molecular complexity index is 591. The van der Waals surface area contributed by atoms with Crippen molar-refractivity contribution in [3.8, 4) is 0 Å². The average Bonchev–Trinajstić information content (AvgIpc) is 3.26. The Balaban J connectivity index is 1.87. The van der Waals surface area contributed by atoms with E-state index >= 15 is 0 Å². The summed E-state index contributed by atoms with van der Waals surface area (Å²) >= 11 is 0. The monoisotopic (exact) mass is 312 g/mol. The molecule has 6 heteroatoms. The summed E-state index contributed by atoms with van der Waals surface area (Å²) in [6.07, 6.45) is 3.61. The fourth-order valence-electron chi connectivity index (χ4n) is 3.00. The third-order valence-corrected chi connectivity index (χ3v) is 6.36. The van der Waals surface area contributed by atoms with Crippen LogP contribution in [0.25, 0.3) is 0 Å². The Labute approximate surface area is 125 Å². The van der Waals surface area contributed by atoms with Gasteiger partial charge < -0.3 is 4.90 Å². The summed E-state index contributed by atoms with van der Waals surface area (Å²) in [5.41, 5.74) is 0. The highest BCUT2D eigenvalue weighted by molar-refractivity contribution is 7.89. The summed E-state index contributed by atoms with van der Waals surface area (Å²) in [5.74, 6) is -0.411. The van der Waals surface area contributed by atoms with Crippen LogP contribution in [0.1, 0.15) is 25.7 Å². The molecule has 1 aliphatic carbocycles. The van der Waals surface area contributed by atoms with Crippen molar-refractivity contribution in [3.63, 3.8) is 0 Å². The van der Waals surface area contributed by atoms with Crippen LogP contribution in [0.4, 0.5) is 4.39 Å². The van der Waals surface area contributed by atoms with E-state index in [1.165, 1.54) is 24.3 Å². The van der Waals surface area contributed by atoms with E-state index in [0.29, 0.717) is 0 Å². The Hall–Kier alpha value is -0.980. The van der Waals surface area contributed by atoms with E-state index in [0.717, 1.165) is 38.8 Å². The Morgan fingerprint density at radius 3 is 2.10 bits per heavy atom. The van der Waals surface area contributed by atoms with Crippen LogP contribution in [0, 0.1) is 5.82 Å². The minimum atomic E-state index is -3.52. The zero-order valence-corrected chi connectivity index (χ0v) is 13.0. The molecule has 1 saturated heterocycles.